The van der Waals surface area contributed by atoms with E-state index < -0.39 is 0 Å². The molecule has 1 aliphatic rings. The van der Waals surface area contributed by atoms with Gasteiger partial charge in [0.2, 0.25) is 0 Å². The molecule has 1 aliphatic heterocycles. The first-order chi connectivity index (χ1) is 22.8. The average Bonchev–Trinajstić information content (AvgIpc) is 3.46. The number of fused-ring (bicyclic) bond motifs is 7. The molecule has 0 bridgehead atoms. The van der Waals surface area contributed by atoms with Crippen molar-refractivity contribution >= 4 is 43.4 Å². The van der Waals surface area contributed by atoms with E-state index >= 15 is 0 Å². The maximum atomic E-state index is 6.39. The van der Waals surface area contributed by atoms with Gasteiger partial charge in [0.25, 0.3) is 0 Å². The number of para-hydroxylation sites is 2. The number of hydrogen-bond acceptors (Lipinski definition) is 1. The molecule has 2 nitrogen and oxygen atoms in total. The molecule has 8 aromatic carbocycles. The van der Waals surface area contributed by atoms with Crippen molar-refractivity contribution in [1.82, 2.24) is 4.57 Å². The van der Waals surface area contributed by atoms with Crippen LogP contribution < -0.4 is 4.74 Å². The summed E-state index contributed by atoms with van der Waals surface area (Å²) in [4.78, 5) is 0. The Balaban J connectivity index is 1.18. The van der Waals surface area contributed by atoms with Gasteiger partial charge in [0, 0.05) is 32.8 Å². The van der Waals surface area contributed by atoms with Gasteiger partial charge in [0.1, 0.15) is 11.5 Å². The van der Waals surface area contributed by atoms with Crippen molar-refractivity contribution in [3.05, 3.63) is 164 Å². The van der Waals surface area contributed by atoms with E-state index in [1.807, 2.05) is 0 Å². The maximum absolute atomic E-state index is 6.39. The second-order valence-electron chi connectivity index (χ2n) is 12.1. The first-order valence-electron chi connectivity index (χ1n) is 15.8. The third-order valence-electron chi connectivity index (χ3n) is 9.55. The lowest BCUT2D eigenvalue weighted by atomic mass is 9.90. The van der Waals surface area contributed by atoms with Gasteiger partial charge >= 0.3 is 0 Å². The van der Waals surface area contributed by atoms with E-state index in [1.54, 1.807) is 0 Å². The van der Waals surface area contributed by atoms with Crippen LogP contribution in [0.5, 0.6) is 11.5 Å². The van der Waals surface area contributed by atoms with Gasteiger partial charge in [-0.2, -0.15) is 0 Å². The summed E-state index contributed by atoms with van der Waals surface area (Å²) in [5.74, 6) is 1.82. The molecule has 0 amide bonds. The Hall–Kier alpha value is -6.12. The summed E-state index contributed by atoms with van der Waals surface area (Å²) < 4.78 is 8.81. The second-order valence-corrected chi connectivity index (χ2v) is 12.1. The van der Waals surface area contributed by atoms with Crippen molar-refractivity contribution in [3.63, 3.8) is 0 Å². The average molecular weight is 586 g/mol. The quantitative estimate of drug-likeness (QED) is 0.201. The van der Waals surface area contributed by atoms with E-state index in [0.717, 1.165) is 17.1 Å². The monoisotopic (exact) mass is 585 g/mol. The number of benzene rings is 8. The molecule has 0 atom stereocenters. The third-order valence-corrected chi connectivity index (χ3v) is 9.55. The molecule has 2 heteroatoms. The summed E-state index contributed by atoms with van der Waals surface area (Å²) in [6.45, 7) is 0. The molecule has 0 saturated carbocycles. The number of aromatic nitrogens is 1. The minimum absolute atomic E-state index is 0.900. The van der Waals surface area contributed by atoms with Gasteiger partial charge < -0.3 is 9.30 Å². The van der Waals surface area contributed by atoms with E-state index in [4.69, 9.17) is 4.74 Å². The van der Waals surface area contributed by atoms with Crippen molar-refractivity contribution in [2.45, 2.75) is 0 Å². The van der Waals surface area contributed by atoms with Gasteiger partial charge in [-0.1, -0.05) is 115 Å². The lowest BCUT2D eigenvalue weighted by Crippen LogP contribution is -1.97. The van der Waals surface area contributed by atoms with Crippen LogP contribution in [0.3, 0.4) is 0 Å². The first-order valence-corrected chi connectivity index (χ1v) is 15.8. The minimum Gasteiger partial charge on any atom is -0.456 e. The zero-order valence-electron chi connectivity index (χ0n) is 24.9. The predicted octanol–water partition coefficient (Wildman–Crippen LogP) is 12.2. The fourth-order valence-electron chi connectivity index (χ4n) is 7.52. The zero-order valence-corrected chi connectivity index (χ0v) is 24.9. The topological polar surface area (TPSA) is 14.2 Å². The Labute approximate surface area is 266 Å². The highest BCUT2D eigenvalue weighted by molar-refractivity contribution is 6.22. The highest BCUT2D eigenvalue weighted by Crippen LogP contribution is 2.48. The van der Waals surface area contributed by atoms with Gasteiger partial charge in [-0.25, -0.2) is 0 Å². The van der Waals surface area contributed by atoms with Crippen LogP contribution in [0.4, 0.5) is 0 Å². The molecule has 0 saturated heterocycles. The highest BCUT2D eigenvalue weighted by Gasteiger charge is 2.21. The summed E-state index contributed by atoms with van der Waals surface area (Å²) in [6, 6.07) is 59.0. The summed E-state index contributed by atoms with van der Waals surface area (Å²) in [6.07, 6.45) is 0. The Morgan fingerprint density at radius 1 is 0.391 bits per heavy atom. The molecule has 9 aromatic rings. The van der Waals surface area contributed by atoms with E-state index in [2.05, 4.69) is 168 Å². The van der Waals surface area contributed by atoms with E-state index in [-0.39, 0.29) is 0 Å². The molecular formula is C44H27NO. The maximum Gasteiger partial charge on any atom is 0.135 e. The molecule has 46 heavy (non-hydrogen) atoms. The Morgan fingerprint density at radius 3 is 2.00 bits per heavy atom. The van der Waals surface area contributed by atoms with Gasteiger partial charge in [0.15, 0.2) is 0 Å². The molecular weight excluding hydrogens is 558 g/mol. The lowest BCUT2D eigenvalue weighted by Gasteiger charge is -2.22. The molecule has 0 aliphatic carbocycles. The fourth-order valence-corrected chi connectivity index (χ4v) is 7.52. The van der Waals surface area contributed by atoms with Crippen LogP contribution in [0.2, 0.25) is 0 Å². The number of hydrogen-bond donors (Lipinski definition) is 0. The molecule has 1 aromatic heterocycles. The minimum atomic E-state index is 0.900. The molecule has 0 N–H and O–H groups in total. The van der Waals surface area contributed by atoms with Crippen molar-refractivity contribution in [3.8, 4) is 50.6 Å². The summed E-state index contributed by atoms with van der Waals surface area (Å²) in [5, 5.41) is 7.39. The van der Waals surface area contributed by atoms with Gasteiger partial charge in [-0.15, -0.1) is 0 Å². The first kappa shape index (κ1) is 25.2. The number of nitrogens with zero attached hydrogens (tertiary/aromatic N) is 1. The molecule has 214 valence electrons. The SMILES string of the molecule is c1ccc(-n2c3ccccc3c3cc(-c4cccc(-c5ccc6c(c5)-c5cccc7cccc(c57)O6)c4)c4ccccc4c32)cc1. The Kier molecular flexibility index (Phi) is 5.31. The van der Waals surface area contributed by atoms with E-state index in [1.165, 1.54) is 76.9 Å². The molecule has 0 unspecified atom stereocenters. The summed E-state index contributed by atoms with van der Waals surface area (Å²) >= 11 is 0. The third kappa shape index (κ3) is 3.65. The summed E-state index contributed by atoms with van der Waals surface area (Å²) in [7, 11) is 0. The van der Waals surface area contributed by atoms with Crippen molar-refractivity contribution in [2.24, 2.45) is 0 Å². The van der Waals surface area contributed by atoms with Crippen molar-refractivity contribution < 1.29 is 4.74 Å². The van der Waals surface area contributed by atoms with Crippen LogP contribution in [0.1, 0.15) is 0 Å². The lowest BCUT2D eigenvalue weighted by molar-refractivity contribution is 0.487. The van der Waals surface area contributed by atoms with Crippen molar-refractivity contribution in [1.29, 1.82) is 0 Å². The van der Waals surface area contributed by atoms with Crippen LogP contribution >= 0.6 is 0 Å². The van der Waals surface area contributed by atoms with E-state index in [0.29, 0.717) is 0 Å². The molecule has 0 radical (unpaired) electrons. The van der Waals surface area contributed by atoms with Crippen LogP contribution in [0, 0.1) is 0 Å². The fraction of sp³-hybridized carbons (Fsp3) is 0. The molecule has 10 rings (SSSR count). The van der Waals surface area contributed by atoms with Gasteiger partial charge in [-0.05, 0) is 87.1 Å². The largest absolute Gasteiger partial charge is 0.456 e. The van der Waals surface area contributed by atoms with E-state index in [9.17, 15) is 0 Å². The van der Waals surface area contributed by atoms with Crippen LogP contribution in [-0.4, -0.2) is 4.57 Å². The van der Waals surface area contributed by atoms with Gasteiger partial charge in [-0.3, -0.25) is 0 Å². The molecule has 0 spiro atoms. The van der Waals surface area contributed by atoms with Crippen LogP contribution in [0.25, 0.3) is 82.4 Å². The Bertz CT molecular complexity index is 2660. The predicted molar refractivity (Wildman–Crippen MR) is 192 cm³/mol. The number of ether oxygens (including phenoxy) is 1. The second kappa shape index (κ2) is 9.69. The number of rotatable bonds is 3. The summed E-state index contributed by atoms with van der Waals surface area (Å²) in [5.41, 5.74) is 10.8. The highest BCUT2D eigenvalue weighted by atomic mass is 16.5. The molecule has 2 heterocycles. The smallest absolute Gasteiger partial charge is 0.135 e. The molecule has 0 fully saturated rings. The standard InChI is InChI=1S/C44H27NO/c1-2-15-32(16-3-1)45-40-21-7-6-18-34(40)39-27-37(33-17-4-5-19-36(33)44(39)45)31-14-8-13-29(25-31)30-23-24-41-38(26-30)35-20-9-11-28-12-10-22-42(46-41)43(28)35/h1-27H. The van der Waals surface area contributed by atoms with Crippen LogP contribution in [-0.2, 0) is 0 Å². The van der Waals surface area contributed by atoms with Gasteiger partial charge in [0.05, 0.1) is 11.0 Å². The normalized spacial score (nSPS) is 12.1. The van der Waals surface area contributed by atoms with Crippen molar-refractivity contribution in [2.75, 3.05) is 0 Å². The zero-order chi connectivity index (χ0) is 30.2. The van der Waals surface area contributed by atoms with Crippen LogP contribution in [0.15, 0.2) is 164 Å². The Morgan fingerprint density at radius 2 is 1.11 bits per heavy atom.